The van der Waals surface area contributed by atoms with Gasteiger partial charge in [0, 0.05) is 49.1 Å². The quantitative estimate of drug-likeness (QED) is 0.352. The van der Waals surface area contributed by atoms with Crippen LogP contribution in [0.15, 0.2) is 30.0 Å². The fraction of sp³-hybridized carbons (Fsp3) is 0.577. The van der Waals surface area contributed by atoms with E-state index in [9.17, 15) is 39.5 Å². The Bertz CT molecular complexity index is 1230. The first-order chi connectivity index (χ1) is 21.5. The highest BCUT2D eigenvalue weighted by Crippen LogP contribution is 2.39. The van der Waals surface area contributed by atoms with Crippen molar-refractivity contribution >= 4 is 29.2 Å². The van der Waals surface area contributed by atoms with Crippen LogP contribution in [0.25, 0.3) is 0 Å². The average Bonchev–Trinajstić information content (AvgIpc) is 3.33. The van der Waals surface area contributed by atoms with E-state index in [0.29, 0.717) is 18.1 Å². The normalized spacial score (nSPS) is 17.9. The van der Waals surface area contributed by atoms with Gasteiger partial charge >= 0.3 is 36.4 Å². The molecule has 1 unspecified atom stereocenters. The molecule has 0 saturated carbocycles. The molecule has 11 nitrogen and oxygen atoms in total. The van der Waals surface area contributed by atoms with Gasteiger partial charge in [-0.2, -0.15) is 39.5 Å². The summed E-state index contributed by atoms with van der Waals surface area (Å²) in [7, 11) is 2.29. The Labute approximate surface area is 265 Å². The first kappa shape index (κ1) is 41.5. The van der Waals surface area contributed by atoms with Gasteiger partial charge in [-0.15, -0.1) is 11.3 Å². The van der Waals surface area contributed by atoms with E-state index in [1.165, 1.54) is 43.0 Å². The number of carboxylic acids is 3. The lowest BCUT2D eigenvalue weighted by atomic mass is 9.75. The maximum atomic E-state index is 10.6. The Balaban J connectivity index is 0.000000430. The van der Waals surface area contributed by atoms with Gasteiger partial charge in [-0.1, -0.05) is 6.07 Å². The summed E-state index contributed by atoms with van der Waals surface area (Å²) in [5.41, 5.74) is 4.65. The van der Waals surface area contributed by atoms with Gasteiger partial charge in [0.1, 0.15) is 0 Å². The number of halogens is 9. The summed E-state index contributed by atoms with van der Waals surface area (Å²) in [4.78, 5) is 41.8. The number of hydrogen-bond donors (Lipinski definition) is 3. The van der Waals surface area contributed by atoms with Gasteiger partial charge in [-0.3, -0.25) is 14.8 Å². The monoisotopic (exact) mass is 714 g/mol. The van der Waals surface area contributed by atoms with Gasteiger partial charge in [0.05, 0.1) is 17.8 Å². The van der Waals surface area contributed by atoms with E-state index in [-0.39, 0.29) is 0 Å². The van der Waals surface area contributed by atoms with Gasteiger partial charge in [0.15, 0.2) is 0 Å². The number of nitrogens with zero attached hydrogens (tertiary/aromatic N) is 4. The Morgan fingerprint density at radius 2 is 1.49 bits per heavy atom. The predicted octanol–water partition coefficient (Wildman–Crippen LogP) is 4.86. The number of ether oxygens (including phenoxy) is 1. The molecule has 0 radical (unpaired) electrons. The van der Waals surface area contributed by atoms with Crippen molar-refractivity contribution in [2.45, 2.75) is 57.0 Å². The molecule has 1 spiro atoms. The van der Waals surface area contributed by atoms with Crippen molar-refractivity contribution in [1.82, 2.24) is 19.8 Å². The highest BCUT2D eigenvalue weighted by atomic mass is 32.1. The smallest absolute Gasteiger partial charge is 0.475 e. The lowest BCUT2D eigenvalue weighted by Crippen LogP contribution is -2.71. The number of likely N-dealkylation sites (N-methyl/N-ethyl adjacent to an activating group) is 1. The van der Waals surface area contributed by atoms with Crippen molar-refractivity contribution in [3.63, 3.8) is 0 Å². The molecule has 0 aromatic carbocycles. The van der Waals surface area contributed by atoms with Gasteiger partial charge in [0.25, 0.3) is 0 Å². The van der Waals surface area contributed by atoms with E-state index in [0.717, 1.165) is 18.7 Å². The molecular formula is C26H31F9N4O7S. The molecule has 1 atom stereocenters. The minimum absolute atomic E-state index is 0.346. The number of aryl methyl sites for hydroxylation is 1. The zero-order valence-electron chi connectivity index (χ0n) is 24.7. The number of piperidine rings is 1. The second-order valence-corrected chi connectivity index (χ2v) is 11.2. The van der Waals surface area contributed by atoms with Crippen LogP contribution < -0.4 is 0 Å². The van der Waals surface area contributed by atoms with E-state index in [1.54, 1.807) is 17.5 Å². The summed E-state index contributed by atoms with van der Waals surface area (Å²) in [6.45, 7) is 8.20. The summed E-state index contributed by atoms with van der Waals surface area (Å²) in [5, 5.41) is 21.4. The molecule has 2 aliphatic heterocycles. The molecule has 2 fully saturated rings. The van der Waals surface area contributed by atoms with E-state index in [4.69, 9.17) is 34.4 Å². The molecule has 0 bridgehead atoms. The van der Waals surface area contributed by atoms with Crippen molar-refractivity contribution in [3.05, 3.63) is 46.2 Å². The lowest BCUT2D eigenvalue weighted by Gasteiger charge is -2.58. The molecule has 2 aromatic rings. The van der Waals surface area contributed by atoms with Crippen LogP contribution in [0.1, 0.15) is 29.0 Å². The van der Waals surface area contributed by atoms with Gasteiger partial charge in [-0.25, -0.2) is 19.4 Å². The van der Waals surface area contributed by atoms with Gasteiger partial charge in [-0.05, 0) is 50.9 Å². The van der Waals surface area contributed by atoms with E-state index >= 15 is 0 Å². The van der Waals surface area contributed by atoms with Crippen LogP contribution in [0.3, 0.4) is 0 Å². The first-order valence-corrected chi connectivity index (χ1v) is 14.1. The number of carboxylic acid groups (broad SMARTS) is 3. The van der Waals surface area contributed by atoms with Crippen LogP contribution in [-0.4, -0.2) is 110 Å². The van der Waals surface area contributed by atoms with Crippen LogP contribution in [0.4, 0.5) is 39.5 Å². The van der Waals surface area contributed by atoms with Crippen molar-refractivity contribution in [2.75, 3.05) is 33.3 Å². The standard InChI is InChI=1S/C20H28N4OS.3C2HF3O2/c1-16-19(26-15-22-16)10-24-13-20(14-24)8-17(5-7-23(20)2)11-25-12-18-4-3-6-21-9-18;3*3-2(4,5)1(6)7/h3-4,6,9,15,17H,5,7-8,10-14H2,1-2H3;3*(H,6,7). The van der Waals surface area contributed by atoms with Crippen LogP contribution in [-0.2, 0) is 32.3 Å². The van der Waals surface area contributed by atoms with Crippen LogP contribution in [0, 0.1) is 12.8 Å². The topological polar surface area (TPSA) is 153 Å². The number of alkyl halides is 9. The minimum atomic E-state index is -5.08. The van der Waals surface area contributed by atoms with Crippen molar-refractivity contribution in [1.29, 1.82) is 0 Å². The molecule has 0 amide bonds. The fourth-order valence-electron chi connectivity index (χ4n) is 4.33. The number of rotatable bonds is 6. The Morgan fingerprint density at radius 3 is 1.89 bits per heavy atom. The Morgan fingerprint density at radius 1 is 0.979 bits per heavy atom. The average molecular weight is 715 g/mol. The number of likely N-dealkylation sites (tertiary alicyclic amines) is 2. The largest absolute Gasteiger partial charge is 0.490 e. The second kappa shape index (κ2) is 17.6. The van der Waals surface area contributed by atoms with Crippen molar-refractivity contribution in [2.24, 2.45) is 5.92 Å². The number of hydrogen-bond acceptors (Lipinski definition) is 9. The fourth-order valence-corrected chi connectivity index (χ4v) is 5.15. The van der Waals surface area contributed by atoms with Crippen molar-refractivity contribution < 1.29 is 74.0 Å². The highest BCUT2D eigenvalue weighted by molar-refractivity contribution is 7.09. The van der Waals surface area contributed by atoms with E-state index in [2.05, 4.69) is 39.8 Å². The zero-order valence-corrected chi connectivity index (χ0v) is 25.5. The SMILES string of the molecule is Cc1ncsc1CN1CC2(CC(COCc3cccnc3)CCN2C)C1.O=C(O)C(F)(F)F.O=C(O)C(F)(F)F.O=C(O)C(F)(F)F. The Kier molecular flexibility index (Phi) is 15.5. The third kappa shape index (κ3) is 14.8. The number of carbonyl (C=O) groups is 3. The molecule has 21 heteroatoms. The van der Waals surface area contributed by atoms with Crippen LogP contribution >= 0.6 is 11.3 Å². The number of aliphatic carboxylic acids is 3. The van der Waals surface area contributed by atoms with Crippen LogP contribution in [0.2, 0.25) is 0 Å². The lowest BCUT2D eigenvalue weighted by molar-refractivity contribution is -0.193. The first-order valence-electron chi connectivity index (χ1n) is 13.2. The maximum absolute atomic E-state index is 10.6. The van der Waals surface area contributed by atoms with E-state index in [1.807, 2.05) is 17.8 Å². The van der Waals surface area contributed by atoms with Crippen molar-refractivity contribution in [3.8, 4) is 0 Å². The molecule has 4 heterocycles. The molecule has 266 valence electrons. The molecule has 2 aliphatic rings. The molecule has 2 saturated heterocycles. The Hall–Kier alpha value is -3.56. The zero-order chi connectivity index (χ0) is 36.2. The molecule has 4 rings (SSSR count). The highest BCUT2D eigenvalue weighted by Gasteiger charge is 2.49. The van der Waals surface area contributed by atoms with E-state index < -0.39 is 36.4 Å². The number of pyridine rings is 1. The second-order valence-electron chi connectivity index (χ2n) is 10.3. The summed E-state index contributed by atoms with van der Waals surface area (Å²) < 4.78 is 101. The maximum Gasteiger partial charge on any atom is 0.490 e. The summed E-state index contributed by atoms with van der Waals surface area (Å²) in [5.74, 6) is -7.61. The summed E-state index contributed by atoms with van der Waals surface area (Å²) in [6, 6.07) is 4.05. The number of thiazole rings is 1. The molecule has 2 aromatic heterocycles. The summed E-state index contributed by atoms with van der Waals surface area (Å²) >= 11 is 1.78. The van der Waals surface area contributed by atoms with Gasteiger partial charge in [0.2, 0.25) is 0 Å². The molecule has 3 N–H and O–H groups in total. The minimum Gasteiger partial charge on any atom is -0.475 e. The molecule has 47 heavy (non-hydrogen) atoms. The third-order valence-corrected chi connectivity index (χ3v) is 7.59. The van der Waals surface area contributed by atoms with Crippen LogP contribution in [0.5, 0.6) is 0 Å². The molecular weight excluding hydrogens is 683 g/mol. The number of aromatic nitrogens is 2. The summed E-state index contributed by atoms with van der Waals surface area (Å²) in [6.07, 6.45) is -9.07. The predicted molar refractivity (Wildman–Crippen MR) is 145 cm³/mol. The van der Waals surface area contributed by atoms with Gasteiger partial charge < -0.3 is 20.1 Å². The third-order valence-electron chi connectivity index (χ3n) is 6.67. The molecule has 0 aliphatic carbocycles.